The van der Waals surface area contributed by atoms with E-state index in [9.17, 15) is 16.8 Å². The van der Waals surface area contributed by atoms with Crippen LogP contribution in [0.25, 0.3) is 0 Å². The van der Waals surface area contributed by atoms with Crippen LogP contribution in [0.1, 0.15) is 24.5 Å². The molecule has 2 aromatic carbocycles. The van der Waals surface area contributed by atoms with Gasteiger partial charge in [0.1, 0.15) is 12.2 Å². The molecular weight excluding hydrogens is 444 g/mol. The van der Waals surface area contributed by atoms with Crippen LogP contribution < -0.4 is 0 Å². The first kappa shape index (κ1) is 23.8. The van der Waals surface area contributed by atoms with Crippen molar-refractivity contribution in [1.82, 2.24) is 0 Å². The van der Waals surface area contributed by atoms with Crippen molar-refractivity contribution in [2.75, 3.05) is 7.11 Å². The van der Waals surface area contributed by atoms with Gasteiger partial charge in [0.05, 0.1) is 15.9 Å². The van der Waals surface area contributed by atoms with Crippen LogP contribution in [0.15, 0.2) is 58.3 Å². The molecule has 4 atom stereocenters. The van der Waals surface area contributed by atoms with E-state index in [2.05, 4.69) is 0 Å². The third-order valence-electron chi connectivity index (χ3n) is 4.99. The average Bonchev–Trinajstić information content (AvgIpc) is 2.70. The molecule has 0 spiro atoms. The minimum absolute atomic E-state index is 0.0278. The van der Waals surface area contributed by atoms with Crippen molar-refractivity contribution < 1.29 is 34.7 Å². The lowest BCUT2D eigenvalue weighted by Gasteiger charge is -2.38. The van der Waals surface area contributed by atoms with Gasteiger partial charge in [-0.1, -0.05) is 35.4 Å². The van der Waals surface area contributed by atoms with Gasteiger partial charge in [-0.3, -0.25) is 8.37 Å². The molecule has 31 heavy (non-hydrogen) atoms. The first-order chi connectivity index (χ1) is 14.5. The summed E-state index contributed by atoms with van der Waals surface area (Å²) in [5, 5.41) is 0. The summed E-state index contributed by atoms with van der Waals surface area (Å²) in [5.74, 6) is 0. The zero-order valence-corrected chi connectivity index (χ0v) is 19.4. The van der Waals surface area contributed by atoms with Crippen LogP contribution in [0.3, 0.4) is 0 Å². The zero-order chi connectivity index (χ0) is 22.8. The van der Waals surface area contributed by atoms with Gasteiger partial charge < -0.3 is 9.47 Å². The first-order valence-electron chi connectivity index (χ1n) is 9.70. The molecule has 4 unspecified atom stereocenters. The summed E-state index contributed by atoms with van der Waals surface area (Å²) < 4.78 is 73.0. The topological polar surface area (TPSA) is 105 Å². The maximum absolute atomic E-state index is 12.8. The molecule has 0 bridgehead atoms. The number of methoxy groups -OCH3 is 1. The molecule has 1 heterocycles. The average molecular weight is 471 g/mol. The summed E-state index contributed by atoms with van der Waals surface area (Å²) in [4.78, 5) is -0.0781. The fourth-order valence-corrected chi connectivity index (χ4v) is 5.46. The molecule has 0 N–H and O–H groups in total. The molecule has 170 valence electrons. The summed E-state index contributed by atoms with van der Waals surface area (Å²) >= 11 is 0. The number of hydrogen-bond acceptors (Lipinski definition) is 8. The molecule has 1 fully saturated rings. The molecule has 10 heteroatoms. The maximum atomic E-state index is 12.8. The van der Waals surface area contributed by atoms with E-state index in [1.165, 1.54) is 31.4 Å². The maximum Gasteiger partial charge on any atom is 0.297 e. The van der Waals surface area contributed by atoms with Gasteiger partial charge in [-0.25, -0.2) is 0 Å². The highest BCUT2D eigenvalue weighted by Gasteiger charge is 2.43. The third-order valence-corrected chi connectivity index (χ3v) is 7.67. The lowest BCUT2D eigenvalue weighted by molar-refractivity contribution is -0.226. The van der Waals surface area contributed by atoms with E-state index in [0.29, 0.717) is 0 Å². The van der Waals surface area contributed by atoms with Crippen molar-refractivity contribution >= 4 is 20.2 Å². The van der Waals surface area contributed by atoms with Crippen LogP contribution in [0, 0.1) is 13.8 Å². The van der Waals surface area contributed by atoms with Gasteiger partial charge >= 0.3 is 0 Å². The molecule has 0 radical (unpaired) electrons. The Morgan fingerprint density at radius 3 is 1.71 bits per heavy atom. The van der Waals surface area contributed by atoms with Gasteiger partial charge in [-0.2, -0.15) is 16.8 Å². The van der Waals surface area contributed by atoms with E-state index in [-0.39, 0.29) is 16.2 Å². The molecule has 0 aliphatic carbocycles. The Morgan fingerprint density at radius 1 is 0.806 bits per heavy atom. The number of hydrogen-bond donors (Lipinski definition) is 0. The van der Waals surface area contributed by atoms with Crippen LogP contribution in [-0.2, 0) is 38.1 Å². The molecule has 1 saturated heterocycles. The Bertz CT molecular complexity index is 1090. The Kier molecular flexibility index (Phi) is 7.19. The van der Waals surface area contributed by atoms with Crippen LogP contribution in [0.5, 0.6) is 0 Å². The van der Waals surface area contributed by atoms with E-state index < -0.39 is 44.8 Å². The zero-order valence-electron chi connectivity index (χ0n) is 17.7. The Hall–Kier alpha value is -1.82. The van der Waals surface area contributed by atoms with E-state index in [1.54, 1.807) is 31.2 Å². The van der Waals surface area contributed by atoms with Gasteiger partial charge in [0.25, 0.3) is 20.2 Å². The summed E-state index contributed by atoms with van der Waals surface area (Å²) in [6.07, 6.45) is -3.94. The summed E-state index contributed by atoms with van der Waals surface area (Å²) in [6, 6.07) is 12.3. The quantitative estimate of drug-likeness (QED) is 0.569. The fourth-order valence-electron chi connectivity index (χ4n) is 3.21. The summed E-state index contributed by atoms with van der Waals surface area (Å²) in [6.45, 7) is 5.24. The number of aryl methyl sites for hydroxylation is 2. The third kappa shape index (κ3) is 5.71. The molecule has 0 saturated carbocycles. The highest BCUT2D eigenvalue weighted by molar-refractivity contribution is 7.87. The van der Waals surface area contributed by atoms with Crippen LogP contribution in [-0.4, -0.2) is 48.5 Å². The predicted molar refractivity (Wildman–Crippen MR) is 112 cm³/mol. The molecule has 0 aromatic heterocycles. The standard InChI is InChI=1S/C21H26O8S2/c1-14-5-9-17(10-6-14)30(22,23)28-19-13-20(26-4)27-16(3)21(19)29-31(24,25)18-11-7-15(2)8-12-18/h5-12,16,19-21H,13H2,1-4H3. The molecule has 1 aliphatic heterocycles. The number of rotatable bonds is 7. The van der Waals surface area contributed by atoms with Gasteiger partial charge in [-0.05, 0) is 45.0 Å². The minimum Gasteiger partial charge on any atom is -0.356 e. The molecule has 3 rings (SSSR count). The largest absolute Gasteiger partial charge is 0.356 e. The molecule has 0 amide bonds. The predicted octanol–water partition coefficient (Wildman–Crippen LogP) is 2.93. The lowest BCUT2D eigenvalue weighted by Crippen LogP contribution is -2.51. The second kappa shape index (κ2) is 9.35. The Labute approximate surface area is 183 Å². The van der Waals surface area contributed by atoms with Crippen LogP contribution >= 0.6 is 0 Å². The SMILES string of the molecule is COC1CC(OS(=O)(=O)c2ccc(C)cc2)C(OS(=O)(=O)c2ccc(C)cc2)C(C)O1. The van der Waals surface area contributed by atoms with E-state index >= 15 is 0 Å². The lowest BCUT2D eigenvalue weighted by atomic mass is 10.0. The van der Waals surface area contributed by atoms with Gasteiger partial charge in [0.15, 0.2) is 6.29 Å². The molecule has 8 nitrogen and oxygen atoms in total. The van der Waals surface area contributed by atoms with E-state index in [1.807, 2.05) is 13.8 Å². The molecule has 1 aliphatic rings. The molecule has 2 aromatic rings. The summed E-state index contributed by atoms with van der Waals surface area (Å²) in [7, 11) is -6.95. The van der Waals surface area contributed by atoms with Crippen LogP contribution in [0.4, 0.5) is 0 Å². The smallest absolute Gasteiger partial charge is 0.297 e. The minimum atomic E-state index is -4.19. The number of benzene rings is 2. The van der Waals surface area contributed by atoms with Crippen molar-refractivity contribution in [3.05, 3.63) is 59.7 Å². The van der Waals surface area contributed by atoms with Crippen molar-refractivity contribution in [3.63, 3.8) is 0 Å². The summed E-state index contributed by atoms with van der Waals surface area (Å²) in [5.41, 5.74) is 1.78. The van der Waals surface area contributed by atoms with Crippen molar-refractivity contribution in [2.24, 2.45) is 0 Å². The highest BCUT2D eigenvalue weighted by Crippen LogP contribution is 2.31. The van der Waals surface area contributed by atoms with Crippen molar-refractivity contribution in [3.8, 4) is 0 Å². The van der Waals surface area contributed by atoms with E-state index in [0.717, 1.165) is 11.1 Å². The highest BCUT2D eigenvalue weighted by atomic mass is 32.2. The van der Waals surface area contributed by atoms with Gasteiger partial charge in [0.2, 0.25) is 0 Å². The number of ether oxygens (including phenoxy) is 2. The monoisotopic (exact) mass is 470 g/mol. The van der Waals surface area contributed by atoms with Crippen molar-refractivity contribution in [1.29, 1.82) is 0 Å². The normalized spacial score (nSPS) is 24.8. The van der Waals surface area contributed by atoms with Crippen molar-refractivity contribution in [2.45, 2.75) is 61.6 Å². The Balaban J connectivity index is 1.89. The van der Waals surface area contributed by atoms with Gasteiger partial charge in [-0.15, -0.1) is 0 Å². The Morgan fingerprint density at radius 2 is 1.26 bits per heavy atom. The second-order valence-corrected chi connectivity index (χ2v) is 10.6. The molecular formula is C21H26O8S2. The van der Waals surface area contributed by atoms with Gasteiger partial charge in [0, 0.05) is 13.5 Å². The first-order valence-corrected chi connectivity index (χ1v) is 12.5. The fraction of sp³-hybridized carbons (Fsp3) is 0.429. The second-order valence-electron chi connectivity index (χ2n) is 7.47. The van der Waals surface area contributed by atoms with E-state index in [4.69, 9.17) is 17.8 Å². The van der Waals surface area contributed by atoms with Crippen LogP contribution in [0.2, 0.25) is 0 Å².